The molecule has 0 bridgehead atoms. The number of pyridine rings is 1. The summed E-state index contributed by atoms with van der Waals surface area (Å²) in [6, 6.07) is 8.12. The number of amides is 1. The molecule has 0 saturated carbocycles. The van der Waals surface area contributed by atoms with Gasteiger partial charge in [0.2, 0.25) is 11.9 Å². The Morgan fingerprint density at radius 1 is 1.07 bits per heavy atom. The first-order chi connectivity index (χ1) is 12.8. The molecule has 138 valence electrons. The van der Waals surface area contributed by atoms with Crippen LogP contribution in [0.3, 0.4) is 0 Å². The molecule has 3 rings (SSSR count). The van der Waals surface area contributed by atoms with Crippen LogP contribution in [0.25, 0.3) is 11.1 Å². The number of nitrogens with two attached hydrogens (primary N) is 1. The molecule has 3 N–H and O–H groups in total. The molecule has 6 nitrogen and oxygen atoms in total. The van der Waals surface area contributed by atoms with Gasteiger partial charge in [-0.25, -0.2) is 14.4 Å². The highest BCUT2D eigenvalue weighted by Crippen LogP contribution is 2.24. The standard InChI is InChI=1S/C20H20FN5O/c1-20(2,16-3-5-17(21)6-4-16)12-26-19-24-10-15(11-25-19)13-7-14(18(22)27)9-23-8-13/h3-11H,12H2,1-2H3,(H2,22,27)(H,24,25,26). The number of carbonyl (C=O) groups excluding carboxylic acids is 1. The molecular formula is C20H20FN5O. The number of primary amides is 1. The van der Waals surface area contributed by atoms with Gasteiger partial charge in [-0.05, 0) is 23.8 Å². The molecule has 1 amide bonds. The summed E-state index contributed by atoms with van der Waals surface area (Å²) < 4.78 is 13.1. The van der Waals surface area contributed by atoms with Crippen LogP contribution in [0.2, 0.25) is 0 Å². The van der Waals surface area contributed by atoms with Crippen LogP contribution in [-0.2, 0) is 5.41 Å². The number of nitrogens with one attached hydrogen (secondary N) is 1. The highest BCUT2D eigenvalue weighted by Gasteiger charge is 2.20. The van der Waals surface area contributed by atoms with E-state index in [1.54, 1.807) is 36.8 Å². The smallest absolute Gasteiger partial charge is 0.250 e. The Morgan fingerprint density at radius 3 is 2.37 bits per heavy atom. The zero-order chi connectivity index (χ0) is 19.4. The molecule has 0 unspecified atom stereocenters. The fraction of sp³-hybridized carbons (Fsp3) is 0.200. The first-order valence-electron chi connectivity index (χ1n) is 8.42. The maximum Gasteiger partial charge on any atom is 0.250 e. The summed E-state index contributed by atoms with van der Waals surface area (Å²) in [7, 11) is 0. The van der Waals surface area contributed by atoms with Gasteiger partial charge in [0.25, 0.3) is 0 Å². The van der Waals surface area contributed by atoms with Crippen molar-refractivity contribution in [1.82, 2.24) is 15.0 Å². The summed E-state index contributed by atoms with van der Waals surface area (Å²) in [6.07, 6.45) is 6.35. The molecule has 0 saturated heterocycles. The highest BCUT2D eigenvalue weighted by molar-refractivity contribution is 5.93. The van der Waals surface area contributed by atoms with Crippen molar-refractivity contribution < 1.29 is 9.18 Å². The molecule has 0 atom stereocenters. The van der Waals surface area contributed by atoms with E-state index in [0.717, 1.165) is 11.1 Å². The van der Waals surface area contributed by atoms with Gasteiger partial charge >= 0.3 is 0 Å². The van der Waals surface area contributed by atoms with Crippen molar-refractivity contribution in [2.45, 2.75) is 19.3 Å². The molecule has 2 heterocycles. The maximum atomic E-state index is 13.1. The lowest BCUT2D eigenvalue weighted by Gasteiger charge is -2.25. The lowest BCUT2D eigenvalue weighted by Crippen LogP contribution is -2.28. The van der Waals surface area contributed by atoms with Crippen LogP contribution in [0.4, 0.5) is 10.3 Å². The average molecular weight is 365 g/mol. The Balaban J connectivity index is 1.70. The monoisotopic (exact) mass is 365 g/mol. The van der Waals surface area contributed by atoms with E-state index in [1.807, 2.05) is 0 Å². The number of aromatic nitrogens is 3. The van der Waals surface area contributed by atoms with Crippen molar-refractivity contribution >= 4 is 11.9 Å². The molecule has 0 radical (unpaired) electrons. The molecule has 0 aliphatic heterocycles. The zero-order valence-corrected chi connectivity index (χ0v) is 15.1. The number of carbonyl (C=O) groups is 1. The normalized spacial score (nSPS) is 11.2. The van der Waals surface area contributed by atoms with E-state index in [0.29, 0.717) is 23.6 Å². The van der Waals surface area contributed by atoms with E-state index < -0.39 is 5.91 Å². The molecule has 0 aliphatic carbocycles. The van der Waals surface area contributed by atoms with Crippen molar-refractivity contribution in [3.63, 3.8) is 0 Å². The SMILES string of the molecule is CC(C)(CNc1ncc(-c2cncc(C(N)=O)c2)cn1)c1ccc(F)cc1. The maximum absolute atomic E-state index is 13.1. The number of hydrogen-bond acceptors (Lipinski definition) is 5. The lowest BCUT2D eigenvalue weighted by atomic mass is 9.84. The molecule has 1 aromatic carbocycles. The van der Waals surface area contributed by atoms with Gasteiger partial charge in [0.15, 0.2) is 0 Å². The van der Waals surface area contributed by atoms with Crippen LogP contribution in [0.5, 0.6) is 0 Å². The first-order valence-corrected chi connectivity index (χ1v) is 8.42. The minimum absolute atomic E-state index is 0.227. The summed E-state index contributed by atoms with van der Waals surface area (Å²) in [4.78, 5) is 23.9. The van der Waals surface area contributed by atoms with Crippen molar-refractivity contribution in [3.05, 3.63) is 72.1 Å². The van der Waals surface area contributed by atoms with Crippen molar-refractivity contribution in [3.8, 4) is 11.1 Å². The minimum atomic E-state index is -0.536. The predicted molar refractivity (Wildman–Crippen MR) is 102 cm³/mol. The third kappa shape index (κ3) is 4.44. The van der Waals surface area contributed by atoms with Gasteiger partial charge in [-0.3, -0.25) is 9.78 Å². The topological polar surface area (TPSA) is 93.8 Å². The summed E-state index contributed by atoms with van der Waals surface area (Å²) in [5.41, 5.74) is 7.84. The number of nitrogens with zero attached hydrogens (tertiary/aromatic N) is 3. The van der Waals surface area contributed by atoms with E-state index in [1.165, 1.54) is 18.3 Å². The van der Waals surface area contributed by atoms with Gasteiger partial charge < -0.3 is 11.1 Å². The van der Waals surface area contributed by atoms with E-state index in [4.69, 9.17) is 5.73 Å². The third-order valence-electron chi connectivity index (χ3n) is 4.32. The van der Waals surface area contributed by atoms with Gasteiger partial charge in [0, 0.05) is 47.9 Å². The summed E-state index contributed by atoms with van der Waals surface area (Å²) >= 11 is 0. The van der Waals surface area contributed by atoms with Crippen LogP contribution in [0.15, 0.2) is 55.1 Å². The second-order valence-electron chi connectivity index (χ2n) is 6.87. The van der Waals surface area contributed by atoms with Crippen LogP contribution in [0, 0.1) is 5.82 Å². The quantitative estimate of drug-likeness (QED) is 0.700. The fourth-order valence-corrected chi connectivity index (χ4v) is 2.60. The molecular weight excluding hydrogens is 345 g/mol. The zero-order valence-electron chi connectivity index (χ0n) is 15.1. The average Bonchev–Trinajstić information content (AvgIpc) is 2.67. The summed E-state index contributed by atoms with van der Waals surface area (Å²) in [5, 5.41) is 3.20. The largest absolute Gasteiger partial charge is 0.366 e. The summed E-state index contributed by atoms with van der Waals surface area (Å²) in [5.74, 6) is -0.309. The second kappa shape index (κ2) is 7.49. The van der Waals surface area contributed by atoms with Gasteiger partial charge in [-0.1, -0.05) is 26.0 Å². The van der Waals surface area contributed by atoms with Crippen molar-refractivity contribution in [1.29, 1.82) is 0 Å². The lowest BCUT2D eigenvalue weighted by molar-refractivity contribution is 0.1000. The van der Waals surface area contributed by atoms with Gasteiger partial charge in [-0.15, -0.1) is 0 Å². The Labute approximate surface area is 156 Å². The van der Waals surface area contributed by atoms with Crippen LogP contribution in [-0.4, -0.2) is 27.4 Å². The molecule has 3 aromatic rings. The number of anilines is 1. The van der Waals surface area contributed by atoms with E-state index in [9.17, 15) is 9.18 Å². The van der Waals surface area contributed by atoms with Crippen LogP contribution < -0.4 is 11.1 Å². The Hall–Kier alpha value is -3.35. The van der Waals surface area contributed by atoms with E-state index >= 15 is 0 Å². The third-order valence-corrected chi connectivity index (χ3v) is 4.32. The van der Waals surface area contributed by atoms with Crippen molar-refractivity contribution in [2.75, 3.05) is 11.9 Å². The highest BCUT2D eigenvalue weighted by atomic mass is 19.1. The van der Waals surface area contributed by atoms with E-state index in [2.05, 4.69) is 34.1 Å². The Kier molecular flexibility index (Phi) is 5.12. The Morgan fingerprint density at radius 2 is 1.74 bits per heavy atom. The number of benzene rings is 1. The molecule has 2 aromatic heterocycles. The molecule has 7 heteroatoms. The van der Waals surface area contributed by atoms with Crippen LogP contribution >= 0.6 is 0 Å². The fourth-order valence-electron chi connectivity index (χ4n) is 2.60. The Bertz CT molecular complexity index is 939. The molecule has 0 fully saturated rings. The first kappa shape index (κ1) is 18.4. The molecule has 27 heavy (non-hydrogen) atoms. The van der Waals surface area contributed by atoms with Crippen LogP contribution in [0.1, 0.15) is 29.8 Å². The van der Waals surface area contributed by atoms with Gasteiger partial charge in [0.1, 0.15) is 5.82 Å². The molecule has 0 aliphatic rings. The predicted octanol–water partition coefficient (Wildman–Crippen LogP) is 3.17. The minimum Gasteiger partial charge on any atom is -0.366 e. The summed E-state index contributed by atoms with van der Waals surface area (Å²) in [6.45, 7) is 4.70. The second-order valence-corrected chi connectivity index (χ2v) is 6.87. The number of hydrogen-bond donors (Lipinski definition) is 2. The van der Waals surface area contributed by atoms with Gasteiger partial charge in [-0.2, -0.15) is 0 Å². The molecule has 0 spiro atoms. The number of rotatable bonds is 6. The van der Waals surface area contributed by atoms with Crippen molar-refractivity contribution in [2.24, 2.45) is 5.73 Å². The number of halogens is 1. The van der Waals surface area contributed by atoms with E-state index in [-0.39, 0.29) is 11.2 Å². The van der Waals surface area contributed by atoms with Gasteiger partial charge in [0.05, 0.1) is 5.56 Å².